The molecule has 49 heavy (non-hydrogen) atoms. The summed E-state index contributed by atoms with van der Waals surface area (Å²) in [6.45, 7) is 4.47. The fourth-order valence-corrected chi connectivity index (χ4v) is 6.92. The van der Waals surface area contributed by atoms with Crippen LogP contribution in [0.25, 0.3) is 33.4 Å². The van der Waals surface area contributed by atoms with E-state index in [9.17, 15) is 0 Å². The van der Waals surface area contributed by atoms with Crippen molar-refractivity contribution in [3.8, 4) is 0 Å². The van der Waals surface area contributed by atoms with Crippen LogP contribution >= 0.6 is 0 Å². The van der Waals surface area contributed by atoms with Gasteiger partial charge in [-0.05, 0) is 11.1 Å². The molecule has 2 atom stereocenters. The number of rotatable bonds is 6. The van der Waals surface area contributed by atoms with Gasteiger partial charge in [-0.1, -0.05) is 206 Å². The van der Waals surface area contributed by atoms with Crippen LogP contribution in [0.2, 0.25) is 0 Å². The second-order valence-electron chi connectivity index (χ2n) is 12.3. The monoisotopic (exact) mass is 673 g/mol. The fraction of sp³-hybridized carbons (Fsp3) is 0.0833. The van der Waals surface area contributed by atoms with E-state index in [2.05, 4.69) is 208 Å². The van der Waals surface area contributed by atoms with Gasteiger partial charge in [-0.3, -0.25) is 0 Å². The van der Waals surface area contributed by atoms with E-state index < -0.39 is 0 Å². The third-order valence-corrected chi connectivity index (χ3v) is 9.05. The van der Waals surface area contributed by atoms with E-state index in [-0.39, 0.29) is 28.6 Å². The quantitative estimate of drug-likeness (QED) is 0.154. The van der Waals surface area contributed by atoms with E-state index in [1.54, 1.807) is 0 Å². The van der Waals surface area contributed by atoms with Crippen molar-refractivity contribution in [2.45, 2.75) is 13.8 Å². The van der Waals surface area contributed by atoms with Crippen LogP contribution < -0.4 is 0 Å². The molecule has 6 aromatic carbocycles. The van der Waals surface area contributed by atoms with Crippen molar-refractivity contribution in [2.75, 3.05) is 0 Å². The van der Waals surface area contributed by atoms with Crippen LogP contribution in [0.15, 0.2) is 182 Å². The Hall–Kier alpha value is -5.21. The molecule has 2 aliphatic carbocycles. The average Bonchev–Trinajstić information content (AvgIpc) is 3.70. The van der Waals surface area contributed by atoms with Crippen molar-refractivity contribution in [3.05, 3.63) is 228 Å². The summed E-state index contributed by atoms with van der Waals surface area (Å²) in [4.78, 5) is 0. The van der Waals surface area contributed by atoms with Gasteiger partial charge in [0.1, 0.15) is 0 Å². The van der Waals surface area contributed by atoms with Crippen molar-refractivity contribution in [1.29, 1.82) is 0 Å². The summed E-state index contributed by atoms with van der Waals surface area (Å²) in [7, 11) is 0. The Morgan fingerprint density at radius 1 is 0.306 bits per heavy atom. The summed E-state index contributed by atoms with van der Waals surface area (Å²) in [5, 5.41) is 0. The normalized spacial score (nSPS) is 16.7. The second kappa shape index (κ2) is 15.8. The molecule has 239 valence electrons. The van der Waals surface area contributed by atoms with Gasteiger partial charge in [-0.25, -0.2) is 0 Å². The molecule has 0 bridgehead atoms. The van der Waals surface area contributed by atoms with Gasteiger partial charge >= 0.3 is 16.8 Å². The third kappa shape index (κ3) is 7.29. The Morgan fingerprint density at radius 3 is 0.796 bits per heavy atom. The topological polar surface area (TPSA) is 0 Å². The van der Waals surface area contributed by atoms with E-state index >= 15 is 0 Å². The minimum atomic E-state index is 0. The molecular formula is C48H38Co. The van der Waals surface area contributed by atoms with Crippen LogP contribution in [0.3, 0.4) is 0 Å². The molecule has 1 heteroatoms. The first-order valence-electron chi connectivity index (χ1n) is 16.8. The number of hydrogen-bond donors (Lipinski definition) is 0. The minimum Gasteiger partial charge on any atom is -0.193 e. The molecule has 0 N–H and O–H groups in total. The molecule has 0 fully saturated rings. The molecule has 0 aromatic heterocycles. The maximum absolute atomic E-state index is 3.71. The summed E-state index contributed by atoms with van der Waals surface area (Å²) >= 11 is 0. The zero-order valence-electron chi connectivity index (χ0n) is 27.8. The van der Waals surface area contributed by atoms with E-state index in [1.165, 1.54) is 66.8 Å². The predicted octanol–water partition coefficient (Wildman–Crippen LogP) is 12.3. The molecular weight excluding hydrogens is 635 g/mol. The Balaban J connectivity index is 0.000000167. The van der Waals surface area contributed by atoms with Crippen molar-refractivity contribution in [3.63, 3.8) is 0 Å². The van der Waals surface area contributed by atoms with E-state index in [4.69, 9.17) is 0 Å². The molecule has 0 aliphatic heterocycles. The Kier molecular flexibility index (Phi) is 10.9. The van der Waals surface area contributed by atoms with E-state index in [0.29, 0.717) is 0 Å². The SMILES string of the molecule is CC1[C-]=C(c2ccccc2)C(c2ccccc2)=C1c1ccccc1.CC1[C-]=C(c2ccccc2)C(c2ccccc2)=C1c1ccccc1.[Co+2]. The molecule has 2 aliphatic rings. The van der Waals surface area contributed by atoms with E-state index in [1.807, 2.05) is 0 Å². The van der Waals surface area contributed by atoms with Gasteiger partial charge in [0.25, 0.3) is 0 Å². The van der Waals surface area contributed by atoms with Crippen LogP contribution in [0.5, 0.6) is 0 Å². The van der Waals surface area contributed by atoms with Crippen LogP contribution in [0.4, 0.5) is 0 Å². The number of allylic oxidation sites excluding steroid dienone is 8. The summed E-state index contributed by atoms with van der Waals surface area (Å²) < 4.78 is 0. The van der Waals surface area contributed by atoms with Crippen molar-refractivity contribution in [2.24, 2.45) is 11.8 Å². The second-order valence-corrected chi connectivity index (χ2v) is 12.3. The smallest absolute Gasteiger partial charge is 0.193 e. The summed E-state index contributed by atoms with van der Waals surface area (Å²) in [5.74, 6) is 0.552. The fourth-order valence-electron chi connectivity index (χ4n) is 6.92. The van der Waals surface area contributed by atoms with Crippen LogP contribution in [-0.2, 0) is 16.8 Å². The third-order valence-electron chi connectivity index (χ3n) is 9.05. The molecule has 0 nitrogen and oxygen atoms in total. The average molecular weight is 674 g/mol. The van der Waals surface area contributed by atoms with Gasteiger partial charge in [-0.2, -0.15) is 23.3 Å². The number of benzene rings is 6. The van der Waals surface area contributed by atoms with Gasteiger partial charge in [0.2, 0.25) is 0 Å². The van der Waals surface area contributed by atoms with Crippen LogP contribution in [0.1, 0.15) is 47.2 Å². The first-order chi connectivity index (χ1) is 23.7. The van der Waals surface area contributed by atoms with Crippen LogP contribution in [0, 0.1) is 24.0 Å². The first kappa shape index (κ1) is 33.7. The Bertz CT molecular complexity index is 1930. The predicted molar refractivity (Wildman–Crippen MR) is 204 cm³/mol. The maximum atomic E-state index is 3.71. The molecule has 0 heterocycles. The zero-order valence-corrected chi connectivity index (χ0v) is 28.8. The van der Waals surface area contributed by atoms with Crippen LogP contribution in [-0.4, -0.2) is 0 Å². The molecule has 0 saturated carbocycles. The maximum Gasteiger partial charge on any atom is 2.00 e. The van der Waals surface area contributed by atoms with Gasteiger partial charge in [0, 0.05) is 0 Å². The van der Waals surface area contributed by atoms with Gasteiger partial charge in [-0.15, -0.1) is 46.5 Å². The molecule has 1 radical (unpaired) electrons. The molecule has 8 rings (SSSR count). The van der Waals surface area contributed by atoms with E-state index in [0.717, 1.165) is 0 Å². The molecule has 0 saturated heterocycles. The Labute approximate surface area is 302 Å². The summed E-state index contributed by atoms with van der Waals surface area (Å²) in [5.41, 5.74) is 15.3. The minimum absolute atomic E-state index is 0. The zero-order chi connectivity index (χ0) is 32.7. The van der Waals surface area contributed by atoms with Crippen molar-refractivity contribution in [1.82, 2.24) is 0 Å². The number of hydrogen-bond acceptors (Lipinski definition) is 0. The van der Waals surface area contributed by atoms with Gasteiger partial charge in [0.15, 0.2) is 0 Å². The van der Waals surface area contributed by atoms with Crippen molar-refractivity contribution < 1.29 is 16.8 Å². The van der Waals surface area contributed by atoms with Gasteiger partial charge < -0.3 is 0 Å². The molecule has 0 spiro atoms. The standard InChI is InChI=1S/2C24H19.Co/c2*1-18-17-22(19-11-5-2-6-12-19)24(21-15-9-4-10-16-21)23(18)20-13-7-3-8-14-20;/h2*2-16,18H,1H3;/q2*-1;+2. The van der Waals surface area contributed by atoms with Gasteiger partial charge in [0.05, 0.1) is 0 Å². The summed E-state index contributed by atoms with van der Waals surface area (Å²) in [6, 6.07) is 63.9. The Morgan fingerprint density at radius 2 is 0.531 bits per heavy atom. The molecule has 2 unspecified atom stereocenters. The van der Waals surface area contributed by atoms with Crippen molar-refractivity contribution >= 4 is 33.4 Å². The largest absolute Gasteiger partial charge is 2.00 e. The molecule has 6 aromatic rings. The first-order valence-corrected chi connectivity index (χ1v) is 16.8. The molecule has 0 amide bonds. The summed E-state index contributed by atoms with van der Waals surface area (Å²) in [6.07, 6.45) is 7.42.